The van der Waals surface area contributed by atoms with Gasteiger partial charge in [0, 0.05) is 25.6 Å². The van der Waals surface area contributed by atoms with E-state index in [2.05, 4.69) is 46.6 Å². The van der Waals surface area contributed by atoms with Crippen LogP contribution in [0, 0.1) is 0 Å². The molecule has 0 aliphatic carbocycles. The Morgan fingerprint density at radius 1 is 1.15 bits per heavy atom. The molecular formula is C17H22N2O. The smallest absolute Gasteiger partial charge is 0.105 e. The molecule has 1 saturated heterocycles. The van der Waals surface area contributed by atoms with Gasteiger partial charge in [0.2, 0.25) is 0 Å². The maximum atomic E-state index is 5.42. The van der Waals surface area contributed by atoms with Gasteiger partial charge in [-0.25, -0.2) is 0 Å². The van der Waals surface area contributed by atoms with Crippen LogP contribution < -0.4 is 5.32 Å². The van der Waals surface area contributed by atoms with Gasteiger partial charge in [0.25, 0.3) is 0 Å². The molecule has 2 aromatic rings. The third-order valence-corrected chi connectivity index (χ3v) is 3.94. The summed E-state index contributed by atoms with van der Waals surface area (Å²) in [6, 6.07) is 15.2. The molecule has 0 amide bonds. The van der Waals surface area contributed by atoms with Gasteiger partial charge < -0.3 is 14.6 Å². The summed E-state index contributed by atoms with van der Waals surface area (Å²) < 4.78 is 5.42. The standard InChI is InChI=1S/C17H22N2O/c1-2-6-15(7-3-1)17-14-19(11-5-10-18-17)12-9-16-8-4-13-20-16/h1-4,6-8,13,17-18H,5,9-12,14H2. The van der Waals surface area contributed by atoms with Gasteiger partial charge in [-0.15, -0.1) is 0 Å². The van der Waals surface area contributed by atoms with Gasteiger partial charge in [-0.1, -0.05) is 30.3 Å². The number of benzene rings is 1. The zero-order valence-corrected chi connectivity index (χ0v) is 11.8. The summed E-state index contributed by atoms with van der Waals surface area (Å²) in [6.07, 6.45) is 3.96. The molecule has 1 aromatic carbocycles. The molecule has 3 nitrogen and oxygen atoms in total. The van der Waals surface area contributed by atoms with E-state index in [1.165, 1.54) is 12.0 Å². The molecular weight excluding hydrogens is 248 g/mol. The fraction of sp³-hybridized carbons (Fsp3) is 0.412. The first-order valence-corrected chi connectivity index (χ1v) is 7.45. The van der Waals surface area contributed by atoms with E-state index in [0.29, 0.717) is 6.04 Å². The average molecular weight is 270 g/mol. The Labute approximate surface area is 120 Å². The molecule has 3 rings (SSSR count). The van der Waals surface area contributed by atoms with E-state index in [0.717, 1.165) is 38.4 Å². The summed E-state index contributed by atoms with van der Waals surface area (Å²) in [4.78, 5) is 2.54. The van der Waals surface area contributed by atoms with E-state index in [4.69, 9.17) is 4.42 Å². The molecule has 0 spiro atoms. The highest BCUT2D eigenvalue weighted by Crippen LogP contribution is 2.17. The third-order valence-electron chi connectivity index (χ3n) is 3.94. The second-order valence-corrected chi connectivity index (χ2v) is 5.40. The lowest BCUT2D eigenvalue weighted by atomic mass is 10.1. The van der Waals surface area contributed by atoms with Crippen molar-refractivity contribution < 1.29 is 4.42 Å². The maximum Gasteiger partial charge on any atom is 0.105 e. The van der Waals surface area contributed by atoms with E-state index < -0.39 is 0 Å². The van der Waals surface area contributed by atoms with Crippen LogP contribution in [0.5, 0.6) is 0 Å². The minimum atomic E-state index is 0.440. The van der Waals surface area contributed by atoms with E-state index in [9.17, 15) is 0 Å². The van der Waals surface area contributed by atoms with Crippen LogP contribution in [0.15, 0.2) is 53.1 Å². The van der Waals surface area contributed by atoms with Crippen LogP contribution in [0.25, 0.3) is 0 Å². The topological polar surface area (TPSA) is 28.4 Å². The molecule has 1 aromatic heterocycles. The maximum absolute atomic E-state index is 5.42. The Bertz CT molecular complexity index is 495. The molecule has 3 heteroatoms. The highest BCUT2D eigenvalue weighted by molar-refractivity contribution is 5.19. The highest BCUT2D eigenvalue weighted by Gasteiger charge is 2.18. The van der Waals surface area contributed by atoms with Crippen LogP contribution in [0.4, 0.5) is 0 Å². The first kappa shape index (κ1) is 13.4. The zero-order valence-electron chi connectivity index (χ0n) is 11.8. The van der Waals surface area contributed by atoms with Gasteiger partial charge in [-0.2, -0.15) is 0 Å². The van der Waals surface area contributed by atoms with Crippen LogP contribution in [0.2, 0.25) is 0 Å². The molecule has 1 fully saturated rings. The van der Waals surface area contributed by atoms with Crippen molar-refractivity contribution in [3.8, 4) is 0 Å². The molecule has 2 heterocycles. The Morgan fingerprint density at radius 3 is 2.85 bits per heavy atom. The molecule has 0 radical (unpaired) electrons. The average Bonchev–Trinajstić information content (AvgIpc) is 2.90. The van der Waals surface area contributed by atoms with Crippen molar-refractivity contribution in [3.05, 3.63) is 60.1 Å². The Hall–Kier alpha value is -1.58. The predicted octanol–water partition coefficient (Wildman–Crippen LogP) is 2.86. The van der Waals surface area contributed by atoms with Gasteiger partial charge in [0.15, 0.2) is 0 Å². The van der Waals surface area contributed by atoms with Crippen LogP contribution in [-0.4, -0.2) is 31.1 Å². The predicted molar refractivity (Wildman–Crippen MR) is 80.7 cm³/mol. The Morgan fingerprint density at radius 2 is 2.05 bits per heavy atom. The largest absolute Gasteiger partial charge is 0.469 e. The van der Waals surface area contributed by atoms with Crippen LogP contribution in [0.1, 0.15) is 23.8 Å². The lowest BCUT2D eigenvalue weighted by Gasteiger charge is -2.24. The summed E-state index contributed by atoms with van der Waals surface area (Å²) >= 11 is 0. The lowest BCUT2D eigenvalue weighted by Crippen LogP contribution is -2.32. The van der Waals surface area contributed by atoms with E-state index in [-0.39, 0.29) is 0 Å². The molecule has 106 valence electrons. The summed E-state index contributed by atoms with van der Waals surface area (Å²) in [5, 5.41) is 3.66. The second-order valence-electron chi connectivity index (χ2n) is 5.40. The minimum absolute atomic E-state index is 0.440. The van der Waals surface area contributed by atoms with Crippen molar-refractivity contribution in [2.24, 2.45) is 0 Å². The van der Waals surface area contributed by atoms with Gasteiger partial charge in [0.05, 0.1) is 6.26 Å². The van der Waals surface area contributed by atoms with Gasteiger partial charge in [0.1, 0.15) is 5.76 Å². The van der Waals surface area contributed by atoms with Crippen molar-refractivity contribution in [2.45, 2.75) is 18.9 Å². The summed E-state index contributed by atoms with van der Waals surface area (Å²) in [6.45, 7) is 4.40. The molecule has 1 aliphatic rings. The normalized spacial score (nSPS) is 20.7. The fourth-order valence-electron chi connectivity index (χ4n) is 2.83. The zero-order chi connectivity index (χ0) is 13.6. The van der Waals surface area contributed by atoms with Crippen molar-refractivity contribution in [1.29, 1.82) is 0 Å². The first-order valence-electron chi connectivity index (χ1n) is 7.45. The molecule has 1 atom stereocenters. The Kier molecular flexibility index (Phi) is 4.51. The van der Waals surface area contributed by atoms with Crippen molar-refractivity contribution in [1.82, 2.24) is 10.2 Å². The van der Waals surface area contributed by atoms with Crippen molar-refractivity contribution in [3.63, 3.8) is 0 Å². The third kappa shape index (κ3) is 3.50. The van der Waals surface area contributed by atoms with Crippen LogP contribution in [-0.2, 0) is 6.42 Å². The lowest BCUT2D eigenvalue weighted by molar-refractivity contribution is 0.266. The number of nitrogens with zero attached hydrogens (tertiary/aromatic N) is 1. The SMILES string of the molecule is c1ccc(C2CN(CCc3ccco3)CCCN2)cc1. The summed E-state index contributed by atoms with van der Waals surface area (Å²) in [5.74, 6) is 1.08. The number of rotatable bonds is 4. The second kappa shape index (κ2) is 6.73. The highest BCUT2D eigenvalue weighted by atomic mass is 16.3. The first-order chi connectivity index (χ1) is 9.92. The quantitative estimate of drug-likeness (QED) is 0.926. The van der Waals surface area contributed by atoms with Crippen LogP contribution in [0.3, 0.4) is 0 Å². The van der Waals surface area contributed by atoms with E-state index >= 15 is 0 Å². The molecule has 0 saturated carbocycles. The summed E-state index contributed by atoms with van der Waals surface area (Å²) in [5.41, 5.74) is 1.39. The summed E-state index contributed by atoms with van der Waals surface area (Å²) in [7, 11) is 0. The molecule has 1 N–H and O–H groups in total. The van der Waals surface area contributed by atoms with Gasteiger partial charge in [-0.3, -0.25) is 0 Å². The number of furan rings is 1. The Balaban J connectivity index is 1.60. The number of hydrogen-bond acceptors (Lipinski definition) is 3. The van der Waals surface area contributed by atoms with Crippen LogP contribution >= 0.6 is 0 Å². The minimum Gasteiger partial charge on any atom is -0.469 e. The number of hydrogen-bond donors (Lipinski definition) is 1. The van der Waals surface area contributed by atoms with Gasteiger partial charge in [-0.05, 0) is 37.2 Å². The molecule has 0 bridgehead atoms. The van der Waals surface area contributed by atoms with E-state index in [1.807, 2.05) is 6.07 Å². The molecule has 20 heavy (non-hydrogen) atoms. The van der Waals surface area contributed by atoms with Crippen molar-refractivity contribution in [2.75, 3.05) is 26.2 Å². The van der Waals surface area contributed by atoms with E-state index in [1.54, 1.807) is 6.26 Å². The van der Waals surface area contributed by atoms with Gasteiger partial charge >= 0.3 is 0 Å². The monoisotopic (exact) mass is 270 g/mol. The number of nitrogens with one attached hydrogen (secondary N) is 1. The molecule has 1 aliphatic heterocycles. The fourth-order valence-corrected chi connectivity index (χ4v) is 2.83. The van der Waals surface area contributed by atoms with Crippen molar-refractivity contribution >= 4 is 0 Å². The molecule has 1 unspecified atom stereocenters.